The van der Waals surface area contributed by atoms with Crippen LogP contribution in [-0.4, -0.2) is 31.4 Å². The van der Waals surface area contributed by atoms with E-state index in [1.54, 1.807) is 18.4 Å². The lowest BCUT2D eigenvalue weighted by atomic mass is 10.1. The highest BCUT2D eigenvalue weighted by atomic mass is 16.3. The summed E-state index contributed by atoms with van der Waals surface area (Å²) in [6.45, 7) is 4.13. The van der Waals surface area contributed by atoms with Gasteiger partial charge in [-0.1, -0.05) is 0 Å². The molecule has 4 heterocycles. The summed E-state index contributed by atoms with van der Waals surface area (Å²) in [5, 5.41) is 0. The second-order valence-electron chi connectivity index (χ2n) is 5.77. The van der Waals surface area contributed by atoms with Crippen molar-refractivity contribution < 1.29 is 4.42 Å². The molecule has 118 valence electrons. The van der Waals surface area contributed by atoms with E-state index in [1.807, 2.05) is 13.1 Å². The zero-order chi connectivity index (χ0) is 15.8. The summed E-state index contributed by atoms with van der Waals surface area (Å²) < 4.78 is 5.31. The third kappa shape index (κ3) is 2.70. The smallest absolute Gasteiger partial charge is 0.256 e. The van der Waals surface area contributed by atoms with Crippen molar-refractivity contribution in [2.45, 2.75) is 26.4 Å². The number of aromatic amines is 2. The van der Waals surface area contributed by atoms with Crippen LogP contribution in [0.4, 0.5) is 0 Å². The van der Waals surface area contributed by atoms with Crippen molar-refractivity contribution in [2.75, 3.05) is 6.54 Å². The SMILES string of the molecule is Cc1ncc(CN2CCc3nc(-c4ccco4)[nH]c(=O)c3C2)[nH]1. The molecule has 3 aromatic heterocycles. The molecule has 23 heavy (non-hydrogen) atoms. The third-order valence-electron chi connectivity index (χ3n) is 4.05. The van der Waals surface area contributed by atoms with E-state index in [4.69, 9.17) is 4.42 Å². The van der Waals surface area contributed by atoms with Crippen LogP contribution in [-0.2, 0) is 19.5 Å². The summed E-state index contributed by atoms with van der Waals surface area (Å²) >= 11 is 0. The molecule has 7 nitrogen and oxygen atoms in total. The summed E-state index contributed by atoms with van der Waals surface area (Å²) in [5.41, 5.74) is 2.56. The van der Waals surface area contributed by atoms with E-state index in [-0.39, 0.29) is 5.56 Å². The van der Waals surface area contributed by atoms with Crippen LogP contribution in [0.25, 0.3) is 11.6 Å². The van der Waals surface area contributed by atoms with Crippen molar-refractivity contribution >= 4 is 0 Å². The Kier molecular flexibility index (Phi) is 3.34. The number of nitrogens with zero attached hydrogens (tertiary/aromatic N) is 3. The van der Waals surface area contributed by atoms with Crippen molar-refractivity contribution in [3.05, 3.63) is 57.7 Å². The fraction of sp³-hybridized carbons (Fsp3) is 0.312. The van der Waals surface area contributed by atoms with Crippen molar-refractivity contribution in [1.29, 1.82) is 0 Å². The Bertz CT molecular complexity index is 878. The monoisotopic (exact) mass is 311 g/mol. The van der Waals surface area contributed by atoms with Gasteiger partial charge in [-0.25, -0.2) is 9.97 Å². The van der Waals surface area contributed by atoms with Gasteiger partial charge in [-0.15, -0.1) is 0 Å². The number of furan rings is 1. The van der Waals surface area contributed by atoms with E-state index >= 15 is 0 Å². The second-order valence-corrected chi connectivity index (χ2v) is 5.77. The van der Waals surface area contributed by atoms with Crippen LogP contribution in [0.2, 0.25) is 0 Å². The largest absolute Gasteiger partial charge is 0.461 e. The number of nitrogens with one attached hydrogen (secondary N) is 2. The quantitative estimate of drug-likeness (QED) is 0.767. The Morgan fingerprint density at radius 2 is 2.30 bits per heavy atom. The molecule has 0 bridgehead atoms. The molecule has 0 spiro atoms. The Balaban J connectivity index is 1.59. The molecule has 1 aliphatic heterocycles. The molecule has 0 saturated heterocycles. The van der Waals surface area contributed by atoms with Gasteiger partial charge in [0, 0.05) is 37.9 Å². The molecule has 4 rings (SSSR count). The number of hydrogen-bond acceptors (Lipinski definition) is 5. The number of fused-ring (bicyclic) bond motifs is 1. The summed E-state index contributed by atoms with van der Waals surface area (Å²) in [4.78, 5) is 29.4. The molecule has 0 atom stereocenters. The topological polar surface area (TPSA) is 90.8 Å². The van der Waals surface area contributed by atoms with Crippen LogP contribution >= 0.6 is 0 Å². The van der Waals surface area contributed by atoms with Gasteiger partial charge >= 0.3 is 0 Å². The third-order valence-corrected chi connectivity index (χ3v) is 4.05. The molecule has 0 unspecified atom stereocenters. The normalized spacial score (nSPS) is 14.8. The first-order valence-corrected chi connectivity index (χ1v) is 7.58. The molecular weight excluding hydrogens is 294 g/mol. The lowest BCUT2D eigenvalue weighted by Gasteiger charge is -2.27. The summed E-state index contributed by atoms with van der Waals surface area (Å²) in [5.74, 6) is 1.98. The highest BCUT2D eigenvalue weighted by Gasteiger charge is 2.22. The standard InChI is InChI=1S/C16H17N5O2/c1-10-17-7-11(18-10)8-21-5-4-13-12(9-21)16(22)20-15(19-13)14-3-2-6-23-14/h2-3,6-7H,4-5,8-9H2,1H3,(H,17,18)(H,19,20,22). The first-order valence-electron chi connectivity index (χ1n) is 7.58. The number of aryl methyl sites for hydroxylation is 1. The summed E-state index contributed by atoms with van der Waals surface area (Å²) in [6, 6.07) is 3.57. The molecule has 0 saturated carbocycles. The predicted octanol–water partition coefficient (Wildman–Crippen LogP) is 1.62. The van der Waals surface area contributed by atoms with Gasteiger partial charge < -0.3 is 14.4 Å². The zero-order valence-corrected chi connectivity index (χ0v) is 12.8. The first kappa shape index (κ1) is 14.0. The van der Waals surface area contributed by atoms with E-state index in [1.165, 1.54) is 0 Å². The first-order chi connectivity index (χ1) is 11.2. The highest BCUT2D eigenvalue weighted by molar-refractivity contribution is 5.46. The number of aromatic nitrogens is 4. The average Bonchev–Trinajstić information content (AvgIpc) is 3.20. The minimum absolute atomic E-state index is 0.0908. The van der Waals surface area contributed by atoms with E-state index < -0.39 is 0 Å². The maximum absolute atomic E-state index is 12.4. The zero-order valence-electron chi connectivity index (χ0n) is 12.8. The number of hydrogen-bond donors (Lipinski definition) is 2. The number of H-pyrrole nitrogens is 2. The van der Waals surface area contributed by atoms with Gasteiger partial charge in [-0.2, -0.15) is 0 Å². The average molecular weight is 311 g/mol. The molecule has 0 aliphatic carbocycles. The van der Waals surface area contributed by atoms with Gasteiger partial charge in [0.1, 0.15) is 5.82 Å². The van der Waals surface area contributed by atoms with E-state index in [0.29, 0.717) is 18.1 Å². The van der Waals surface area contributed by atoms with Gasteiger partial charge in [0.05, 0.1) is 17.5 Å². The molecule has 2 N–H and O–H groups in total. The van der Waals surface area contributed by atoms with Crippen LogP contribution in [0.5, 0.6) is 0 Å². The summed E-state index contributed by atoms with van der Waals surface area (Å²) in [6.07, 6.45) is 4.16. The van der Waals surface area contributed by atoms with Gasteiger partial charge in [0.25, 0.3) is 5.56 Å². The lowest BCUT2D eigenvalue weighted by Crippen LogP contribution is -2.35. The van der Waals surface area contributed by atoms with E-state index in [0.717, 1.165) is 42.3 Å². The van der Waals surface area contributed by atoms with Gasteiger partial charge in [-0.05, 0) is 19.1 Å². The van der Waals surface area contributed by atoms with Crippen LogP contribution < -0.4 is 5.56 Å². The molecule has 3 aromatic rings. The van der Waals surface area contributed by atoms with Crippen LogP contribution in [0.1, 0.15) is 22.8 Å². The van der Waals surface area contributed by atoms with E-state index in [9.17, 15) is 4.79 Å². The molecule has 0 radical (unpaired) electrons. The lowest BCUT2D eigenvalue weighted by molar-refractivity contribution is 0.239. The van der Waals surface area contributed by atoms with Gasteiger partial charge in [-0.3, -0.25) is 9.69 Å². The minimum atomic E-state index is -0.0908. The van der Waals surface area contributed by atoms with Gasteiger partial charge in [0.2, 0.25) is 0 Å². The Hall–Kier alpha value is -2.67. The molecule has 1 aliphatic rings. The van der Waals surface area contributed by atoms with Crippen LogP contribution in [0.3, 0.4) is 0 Å². The maximum atomic E-state index is 12.4. The summed E-state index contributed by atoms with van der Waals surface area (Å²) in [7, 11) is 0. The number of imidazole rings is 1. The predicted molar refractivity (Wildman–Crippen MR) is 83.7 cm³/mol. The Morgan fingerprint density at radius 1 is 1.39 bits per heavy atom. The second kappa shape index (κ2) is 5.51. The number of rotatable bonds is 3. The molecule has 0 aromatic carbocycles. The molecule has 0 fully saturated rings. The fourth-order valence-corrected chi connectivity index (χ4v) is 2.94. The molecule has 7 heteroatoms. The van der Waals surface area contributed by atoms with Crippen molar-refractivity contribution in [3.8, 4) is 11.6 Å². The Labute approximate surface area is 132 Å². The van der Waals surface area contributed by atoms with Gasteiger partial charge in [0.15, 0.2) is 11.6 Å². The van der Waals surface area contributed by atoms with Crippen molar-refractivity contribution in [1.82, 2.24) is 24.8 Å². The van der Waals surface area contributed by atoms with Crippen molar-refractivity contribution in [3.63, 3.8) is 0 Å². The fourth-order valence-electron chi connectivity index (χ4n) is 2.94. The Morgan fingerprint density at radius 3 is 3.04 bits per heavy atom. The van der Waals surface area contributed by atoms with Crippen molar-refractivity contribution in [2.24, 2.45) is 0 Å². The van der Waals surface area contributed by atoms with Crippen LogP contribution in [0, 0.1) is 6.92 Å². The molecule has 0 amide bonds. The molecular formula is C16H17N5O2. The van der Waals surface area contributed by atoms with Crippen LogP contribution in [0.15, 0.2) is 33.8 Å². The minimum Gasteiger partial charge on any atom is -0.461 e. The van der Waals surface area contributed by atoms with E-state index in [2.05, 4.69) is 24.8 Å². The maximum Gasteiger partial charge on any atom is 0.256 e. The highest BCUT2D eigenvalue weighted by Crippen LogP contribution is 2.19.